The lowest BCUT2D eigenvalue weighted by Crippen LogP contribution is -2.48. The highest BCUT2D eigenvalue weighted by Crippen LogP contribution is 2.03. The first-order valence-corrected chi connectivity index (χ1v) is 3.91. The molecule has 1 atom stereocenters. The molecule has 1 fully saturated rings. The van der Waals surface area contributed by atoms with E-state index in [1.54, 1.807) is 0 Å². The number of nitrogens with two attached hydrogens (primary N) is 1. The third kappa shape index (κ3) is 2.28. The second-order valence-corrected chi connectivity index (χ2v) is 2.88. The second kappa shape index (κ2) is 3.85. The number of rotatable bonds is 1. The normalized spacial score (nSPS) is 25.2. The highest BCUT2D eigenvalue weighted by molar-refractivity contribution is 7.80. The maximum absolute atomic E-state index is 8.75. The van der Waals surface area contributed by atoms with Crippen LogP contribution >= 0.6 is 12.2 Å². The molecule has 0 radical (unpaired) electrons. The Labute approximate surface area is 70.9 Å². The predicted molar refractivity (Wildman–Crippen MR) is 45.2 cm³/mol. The highest BCUT2D eigenvalue weighted by atomic mass is 32.1. The van der Waals surface area contributed by atoms with Crippen molar-refractivity contribution in [3.63, 3.8) is 0 Å². The molecule has 1 heterocycles. The molecule has 0 spiro atoms. The van der Waals surface area contributed by atoms with Gasteiger partial charge < -0.3 is 20.5 Å². The van der Waals surface area contributed by atoms with E-state index >= 15 is 0 Å². The maximum atomic E-state index is 8.75. The van der Waals surface area contributed by atoms with Gasteiger partial charge in [-0.05, 0) is 12.2 Å². The summed E-state index contributed by atoms with van der Waals surface area (Å²) in [4.78, 5) is 1.83. The Bertz CT molecular complexity index is 154. The van der Waals surface area contributed by atoms with Crippen LogP contribution in [0.5, 0.6) is 0 Å². The monoisotopic (exact) mass is 176 g/mol. The van der Waals surface area contributed by atoms with Crippen molar-refractivity contribution in [2.75, 3.05) is 26.3 Å². The molecule has 0 amide bonds. The summed E-state index contributed by atoms with van der Waals surface area (Å²) in [5.41, 5.74) is 5.40. The molecule has 11 heavy (non-hydrogen) atoms. The summed E-state index contributed by atoms with van der Waals surface area (Å²) < 4.78 is 5.20. The smallest absolute Gasteiger partial charge is 0.166 e. The quantitative estimate of drug-likeness (QED) is 0.498. The van der Waals surface area contributed by atoms with Gasteiger partial charge in [0, 0.05) is 13.1 Å². The van der Waals surface area contributed by atoms with E-state index in [-0.39, 0.29) is 12.7 Å². The van der Waals surface area contributed by atoms with Gasteiger partial charge >= 0.3 is 0 Å². The van der Waals surface area contributed by atoms with E-state index in [0.717, 1.165) is 6.54 Å². The number of ether oxygens (including phenoxy) is 1. The Morgan fingerprint density at radius 1 is 1.82 bits per heavy atom. The minimum atomic E-state index is -0.134. The summed E-state index contributed by atoms with van der Waals surface area (Å²) >= 11 is 4.78. The molecule has 0 aliphatic carbocycles. The number of aliphatic hydroxyl groups excluding tert-OH is 1. The minimum Gasteiger partial charge on any atom is -0.394 e. The number of hydrogen-bond donors (Lipinski definition) is 2. The van der Waals surface area contributed by atoms with Gasteiger partial charge in [0.05, 0.1) is 19.3 Å². The molecule has 0 aromatic heterocycles. The summed E-state index contributed by atoms with van der Waals surface area (Å²) in [6.45, 7) is 1.94. The largest absolute Gasteiger partial charge is 0.394 e. The third-order valence-electron chi connectivity index (χ3n) is 1.65. The van der Waals surface area contributed by atoms with Crippen LogP contribution in [0.25, 0.3) is 0 Å². The van der Waals surface area contributed by atoms with Crippen molar-refractivity contribution >= 4 is 17.3 Å². The molecule has 5 heteroatoms. The minimum absolute atomic E-state index is 0.0269. The SMILES string of the molecule is NC(=S)N1CCO[C@H](CO)C1. The summed E-state index contributed by atoms with van der Waals surface area (Å²) in [5.74, 6) is 0. The average molecular weight is 176 g/mol. The number of morpholine rings is 1. The van der Waals surface area contributed by atoms with E-state index in [1.165, 1.54) is 0 Å². The van der Waals surface area contributed by atoms with Gasteiger partial charge in [0.1, 0.15) is 0 Å². The summed E-state index contributed by atoms with van der Waals surface area (Å²) in [6, 6.07) is 0. The van der Waals surface area contributed by atoms with E-state index in [1.807, 2.05) is 4.90 Å². The van der Waals surface area contributed by atoms with Crippen molar-refractivity contribution in [2.24, 2.45) is 5.73 Å². The third-order valence-corrected chi connectivity index (χ3v) is 1.91. The van der Waals surface area contributed by atoms with Gasteiger partial charge in [-0.15, -0.1) is 0 Å². The van der Waals surface area contributed by atoms with Crippen LogP contribution < -0.4 is 5.73 Å². The van der Waals surface area contributed by atoms with Crippen molar-refractivity contribution < 1.29 is 9.84 Å². The van der Waals surface area contributed by atoms with Crippen LogP contribution in [-0.2, 0) is 4.74 Å². The second-order valence-electron chi connectivity index (χ2n) is 2.46. The molecule has 1 aliphatic rings. The van der Waals surface area contributed by atoms with Gasteiger partial charge in [-0.1, -0.05) is 0 Å². The first-order chi connectivity index (χ1) is 5.24. The van der Waals surface area contributed by atoms with E-state index < -0.39 is 0 Å². The van der Waals surface area contributed by atoms with E-state index in [0.29, 0.717) is 18.3 Å². The molecule has 64 valence electrons. The van der Waals surface area contributed by atoms with E-state index in [4.69, 9.17) is 27.8 Å². The Morgan fingerprint density at radius 3 is 3.09 bits per heavy atom. The Balaban J connectivity index is 2.39. The van der Waals surface area contributed by atoms with Gasteiger partial charge in [-0.2, -0.15) is 0 Å². The van der Waals surface area contributed by atoms with E-state index in [2.05, 4.69) is 0 Å². The molecule has 3 N–H and O–H groups in total. The molecule has 1 saturated heterocycles. The summed E-state index contributed by atoms with van der Waals surface area (Å²) in [5, 5.41) is 9.14. The van der Waals surface area contributed by atoms with Gasteiger partial charge in [0.25, 0.3) is 0 Å². The zero-order valence-corrected chi connectivity index (χ0v) is 7.01. The number of hydrogen-bond acceptors (Lipinski definition) is 3. The van der Waals surface area contributed by atoms with Crippen molar-refractivity contribution in [2.45, 2.75) is 6.10 Å². The molecule has 0 saturated carbocycles. The summed E-state index contributed by atoms with van der Waals surface area (Å²) in [7, 11) is 0. The van der Waals surface area contributed by atoms with Crippen LogP contribution in [-0.4, -0.2) is 47.5 Å². The molecular formula is C6H12N2O2S. The van der Waals surface area contributed by atoms with Gasteiger partial charge in [-0.25, -0.2) is 0 Å². The molecule has 1 aliphatic heterocycles. The number of aliphatic hydroxyl groups is 1. The lowest BCUT2D eigenvalue weighted by molar-refractivity contribution is -0.0337. The highest BCUT2D eigenvalue weighted by Gasteiger charge is 2.19. The fourth-order valence-corrected chi connectivity index (χ4v) is 1.20. The molecule has 4 nitrogen and oxygen atoms in total. The maximum Gasteiger partial charge on any atom is 0.166 e. The van der Waals surface area contributed by atoms with Crippen LogP contribution in [0.1, 0.15) is 0 Å². The fraction of sp³-hybridized carbons (Fsp3) is 0.833. The lowest BCUT2D eigenvalue weighted by Gasteiger charge is -2.32. The van der Waals surface area contributed by atoms with Crippen LogP contribution in [0.4, 0.5) is 0 Å². The Kier molecular flexibility index (Phi) is 3.04. The van der Waals surface area contributed by atoms with Crippen LogP contribution in [0, 0.1) is 0 Å². The van der Waals surface area contributed by atoms with Crippen LogP contribution in [0.2, 0.25) is 0 Å². The Morgan fingerprint density at radius 2 is 2.55 bits per heavy atom. The van der Waals surface area contributed by atoms with Crippen LogP contribution in [0.15, 0.2) is 0 Å². The van der Waals surface area contributed by atoms with Crippen molar-refractivity contribution in [3.05, 3.63) is 0 Å². The number of nitrogens with zero attached hydrogens (tertiary/aromatic N) is 1. The van der Waals surface area contributed by atoms with Crippen molar-refractivity contribution in [3.8, 4) is 0 Å². The molecule has 0 aromatic rings. The van der Waals surface area contributed by atoms with Crippen molar-refractivity contribution in [1.29, 1.82) is 0 Å². The standard InChI is InChI=1S/C6H12N2O2S/c7-6(11)8-1-2-10-5(3-8)4-9/h5,9H,1-4H2,(H2,7,11)/t5-/m0/s1. The van der Waals surface area contributed by atoms with Gasteiger partial charge in [0.2, 0.25) is 0 Å². The first kappa shape index (κ1) is 8.70. The summed E-state index contributed by atoms with van der Waals surface area (Å²) in [6.07, 6.45) is -0.134. The lowest BCUT2D eigenvalue weighted by atomic mass is 10.3. The fourth-order valence-electron chi connectivity index (χ4n) is 1.03. The van der Waals surface area contributed by atoms with Crippen LogP contribution in [0.3, 0.4) is 0 Å². The first-order valence-electron chi connectivity index (χ1n) is 3.51. The van der Waals surface area contributed by atoms with Gasteiger partial charge in [0.15, 0.2) is 5.11 Å². The Hall–Kier alpha value is -0.390. The topological polar surface area (TPSA) is 58.7 Å². The van der Waals surface area contributed by atoms with E-state index in [9.17, 15) is 0 Å². The molecule has 1 rings (SSSR count). The van der Waals surface area contributed by atoms with Gasteiger partial charge in [-0.3, -0.25) is 0 Å². The predicted octanol–water partition coefficient (Wildman–Crippen LogP) is -1.08. The number of thiocarbonyl (C=S) groups is 1. The van der Waals surface area contributed by atoms with Crippen molar-refractivity contribution in [1.82, 2.24) is 4.90 Å². The average Bonchev–Trinajstić information content (AvgIpc) is 2.05. The zero-order valence-electron chi connectivity index (χ0n) is 6.19. The molecule has 0 bridgehead atoms. The zero-order chi connectivity index (χ0) is 8.27. The molecule has 0 aromatic carbocycles. The molecule has 0 unspecified atom stereocenters. The molecular weight excluding hydrogens is 164 g/mol.